The van der Waals surface area contributed by atoms with E-state index in [1.807, 2.05) is 19.9 Å². The number of nitrogens with two attached hydrogens (primary N) is 2. The summed E-state index contributed by atoms with van der Waals surface area (Å²) >= 11 is 0. The van der Waals surface area contributed by atoms with Crippen molar-refractivity contribution in [2.75, 3.05) is 13.2 Å². The number of nitrogens with zero attached hydrogens (tertiary/aromatic N) is 1. The van der Waals surface area contributed by atoms with Crippen LogP contribution in [0.3, 0.4) is 0 Å². The van der Waals surface area contributed by atoms with Crippen LogP contribution in [0.2, 0.25) is 0 Å². The molecule has 0 unspecified atom stereocenters. The number of guanidine groups is 1. The summed E-state index contributed by atoms with van der Waals surface area (Å²) in [6.07, 6.45) is 0. The third kappa shape index (κ3) is 3.34. The van der Waals surface area contributed by atoms with Crippen molar-refractivity contribution < 1.29 is 9.47 Å². The van der Waals surface area contributed by atoms with E-state index in [1.54, 1.807) is 12.1 Å². The molecule has 88 valence electrons. The van der Waals surface area contributed by atoms with Gasteiger partial charge in [0, 0.05) is 6.07 Å². The molecule has 5 nitrogen and oxygen atoms in total. The van der Waals surface area contributed by atoms with E-state index in [-0.39, 0.29) is 5.96 Å². The average molecular weight is 223 g/mol. The highest BCUT2D eigenvalue weighted by molar-refractivity contribution is 5.80. The predicted octanol–water partition coefficient (Wildman–Crippen LogP) is 1.39. The van der Waals surface area contributed by atoms with Crippen LogP contribution in [0.5, 0.6) is 11.5 Å². The van der Waals surface area contributed by atoms with E-state index >= 15 is 0 Å². The van der Waals surface area contributed by atoms with Crippen LogP contribution in [0.1, 0.15) is 13.8 Å². The lowest BCUT2D eigenvalue weighted by Gasteiger charge is -2.09. The molecule has 5 heteroatoms. The summed E-state index contributed by atoms with van der Waals surface area (Å²) in [5.74, 6) is 1.35. The molecular formula is C11H17N3O2. The van der Waals surface area contributed by atoms with E-state index in [2.05, 4.69) is 4.99 Å². The first-order valence-electron chi connectivity index (χ1n) is 5.16. The summed E-state index contributed by atoms with van der Waals surface area (Å²) in [5.41, 5.74) is 11.3. The summed E-state index contributed by atoms with van der Waals surface area (Å²) in [4.78, 5) is 3.99. The Morgan fingerprint density at radius 1 is 1.19 bits per heavy atom. The minimum atomic E-state index is -0.00500. The van der Waals surface area contributed by atoms with Gasteiger partial charge in [-0.2, -0.15) is 0 Å². The van der Waals surface area contributed by atoms with Crippen molar-refractivity contribution >= 4 is 11.6 Å². The van der Waals surface area contributed by atoms with Gasteiger partial charge in [0.25, 0.3) is 0 Å². The fourth-order valence-electron chi connectivity index (χ4n) is 1.26. The van der Waals surface area contributed by atoms with Gasteiger partial charge in [-0.15, -0.1) is 0 Å². The Kier molecular flexibility index (Phi) is 4.44. The molecule has 0 fully saturated rings. The number of aliphatic imine (C=N–C) groups is 1. The maximum absolute atomic E-state index is 5.40. The first-order valence-corrected chi connectivity index (χ1v) is 5.16. The van der Waals surface area contributed by atoms with Crippen molar-refractivity contribution in [1.29, 1.82) is 0 Å². The van der Waals surface area contributed by atoms with Crippen LogP contribution in [0.15, 0.2) is 23.2 Å². The van der Waals surface area contributed by atoms with Crippen LogP contribution in [0.25, 0.3) is 0 Å². The minimum Gasteiger partial charge on any atom is -0.494 e. The highest BCUT2D eigenvalue weighted by Crippen LogP contribution is 2.31. The molecule has 0 amide bonds. The van der Waals surface area contributed by atoms with E-state index in [9.17, 15) is 0 Å². The lowest BCUT2D eigenvalue weighted by molar-refractivity contribution is 0.331. The molecule has 0 aliphatic heterocycles. The zero-order valence-electron chi connectivity index (χ0n) is 9.56. The standard InChI is InChI=1S/C11H17N3O2/c1-3-15-8-5-6-10(16-4-2)9(7-8)14-11(12)13/h5-7H,3-4H2,1-2H3,(H4,12,13,14). The highest BCUT2D eigenvalue weighted by atomic mass is 16.5. The topological polar surface area (TPSA) is 82.9 Å². The second-order valence-electron chi connectivity index (χ2n) is 3.03. The molecule has 1 aromatic carbocycles. The maximum Gasteiger partial charge on any atom is 0.191 e. The second-order valence-corrected chi connectivity index (χ2v) is 3.03. The van der Waals surface area contributed by atoms with E-state index in [1.165, 1.54) is 0 Å². The molecular weight excluding hydrogens is 206 g/mol. The third-order valence-electron chi connectivity index (χ3n) is 1.79. The molecule has 0 bridgehead atoms. The van der Waals surface area contributed by atoms with Gasteiger partial charge in [0.15, 0.2) is 5.96 Å². The average Bonchev–Trinajstić information content (AvgIpc) is 2.22. The monoisotopic (exact) mass is 223 g/mol. The SMILES string of the molecule is CCOc1ccc(OCC)c(N=C(N)N)c1. The van der Waals surface area contributed by atoms with Crippen LogP contribution in [0, 0.1) is 0 Å². The van der Waals surface area contributed by atoms with Gasteiger partial charge in [0.05, 0.1) is 13.2 Å². The Labute approximate surface area is 95.1 Å². The first-order chi connectivity index (χ1) is 7.67. The van der Waals surface area contributed by atoms with Crippen molar-refractivity contribution in [2.24, 2.45) is 16.5 Å². The summed E-state index contributed by atoms with van der Waals surface area (Å²) in [6, 6.07) is 5.35. The Bertz CT molecular complexity index is 373. The second kappa shape index (κ2) is 5.85. The van der Waals surface area contributed by atoms with Crippen molar-refractivity contribution in [3.05, 3.63) is 18.2 Å². The zero-order chi connectivity index (χ0) is 12.0. The van der Waals surface area contributed by atoms with E-state index in [0.717, 1.165) is 0 Å². The Morgan fingerprint density at radius 3 is 2.44 bits per heavy atom. The zero-order valence-corrected chi connectivity index (χ0v) is 9.56. The number of hydrogen-bond donors (Lipinski definition) is 2. The molecule has 4 N–H and O–H groups in total. The maximum atomic E-state index is 5.40. The van der Waals surface area contributed by atoms with Gasteiger partial charge >= 0.3 is 0 Å². The molecule has 0 atom stereocenters. The fraction of sp³-hybridized carbons (Fsp3) is 0.364. The molecule has 0 spiro atoms. The van der Waals surface area contributed by atoms with E-state index in [0.29, 0.717) is 30.4 Å². The van der Waals surface area contributed by atoms with Gasteiger partial charge in [0.2, 0.25) is 0 Å². The lowest BCUT2D eigenvalue weighted by atomic mass is 10.3. The third-order valence-corrected chi connectivity index (χ3v) is 1.79. The Balaban J connectivity index is 3.05. The minimum absolute atomic E-state index is 0.00500. The largest absolute Gasteiger partial charge is 0.494 e. The van der Waals surface area contributed by atoms with Gasteiger partial charge in [-0.25, -0.2) is 4.99 Å². The van der Waals surface area contributed by atoms with Crippen molar-refractivity contribution in [2.45, 2.75) is 13.8 Å². The number of hydrogen-bond acceptors (Lipinski definition) is 3. The number of rotatable bonds is 5. The van der Waals surface area contributed by atoms with Gasteiger partial charge in [-0.3, -0.25) is 0 Å². The van der Waals surface area contributed by atoms with E-state index in [4.69, 9.17) is 20.9 Å². The number of ether oxygens (including phenoxy) is 2. The molecule has 1 aromatic rings. The molecule has 0 saturated carbocycles. The number of benzene rings is 1. The van der Waals surface area contributed by atoms with Gasteiger partial charge in [-0.05, 0) is 26.0 Å². The summed E-state index contributed by atoms with van der Waals surface area (Å²) in [6.45, 7) is 4.96. The molecule has 0 aromatic heterocycles. The molecule has 16 heavy (non-hydrogen) atoms. The van der Waals surface area contributed by atoms with Crippen LogP contribution < -0.4 is 20.9 Å². The molecule has 0 heterocycles. The lowest BCUT2D eigenvalue weighted by Crippen LogP contribution is -2.22. The normalized spacial score (nSPS) is 9.62. The van der Waals surface area contributed by atoms with Gasteiger partial charge in [0.1, 0.15) is 17.2 Å². The molecule has 0 radical (unpaired) electrons. The summed E-state index contributed by atoms with van der Waals surface area (Å²) in [5, 5.41) is 0. The van der Waals surface area contributed by atoms with Gasteiger partial charge < -0.3 is 20.9 Å². The Morgan fingerprint density at radius 2 is 1.88 bits per heavy atom. The molecule has 0 aliphatic rings. The fourth-order valence-corrected chi connectivity index (χ4v) is 1.26. The van der Waals surface area contributed by atoms with Gasteiger partial charge in [-0.1, -0.05) is 0 Å². The first kappa shape index (κ1) is 12.2. The quantitative estimate of drug-likeness (QED) is 0.583. The predicted molar refractivity (Wildman–Crippen MR) is 64.2 cm³/mol. The van der Waals surface area contributed by atoms with E-state index < -0.39 is 0 Å². The van der Waals surface area contributed by atoms with Crippen molar-refractivity contribution in [3.63, 3.8) is 0 Å². The summed E-state index contributed by atoms with van der Waals surface area (Å²) in [7, 11) is 0. The van der Waals surface area contributed by atoms with Crippen LogP contribution >= 0.6 is 0 Å². The molecule has 1 rings (SSSR count). The molecule has 0 aliphatic carbocycles. The molecule has 0 saturated heterocycles. The van der Waals surface area contributed by atoms with Crippen LogP contribution in [0.4, 0.5) is 5.69 Å². The Hall–Kier alpha value is -1.91. The van der Waals surface area contributed by atoms with Crippen LogP contribution in [-0.4, -0.2) is 19.2 Å². The van der Waals surface area contributed by atoms with Crippen molar-refractivity contribution in [3.8, 4) is 11.5 Å². The highest BCUT2D eigenvalue weighted by Gasteiger charge is 2.05. The summed E-state index contributed by atoms with van der Waals surface area (Å²) < 4.78 is 10.8. The van der Waals surface area contributed by atoms with Crippen molar-refractivity contribution in [1.82, 2.24) is 0 Å². The smallest absolute Gasteiger partial charge is 0.191 e. The van der Waals surface area contributed by atoms with Crippen LogP contribution in [-0.2, 0) is 0 Å².